The molecule has 2 rings (SSSR count). The molecule has 3 N–H and O–H groups in total. The molecule has 2 aromatic rings. The Hall–Kier alpha value is -2.07. The molecular weight excluding hydrogens is 252 g/mol. The maximum atomic E-state index is 11.8. The number of nitrogens with one attached hydrogen (secondary N) is 2. The molecule has 2 amide bonds. The van der Waals surface area contributed by atoms with Gasteiger partial charge in [0.05, 0.1) is 11.8 Å². The Morgan fingerprint density at radius 2 is 1.95 bits per heavy atom. The minimum atomic E-state index is -0.488. The van der Waals surface area contributed by atoms with Gasteiger partial charge in [-0.1, -0.05) is 49.7 Å². The van der Waals surface area contributed by atoms with E-state index in [-0.39, 0.29) is 12.6 Å². The summed E-state index contributed by atoms with van der Waals surface area (Å²) < 4.78 is 0. The molecule has 4 nitrogen and oxygen atoms in total. The lowest BCUT2D eigenvalue weighted by atomic mass is 10.1. The quantitative estimate of drug-likeness (QED) is 0.783. The predicted octanol–water partition coefficient (Wildman–Crippen LogP) is 3.12. The molecule has 106 valence electrons. The number of hydrogen-bond donors (Lipinski definition) is 3. The largest absolute Gasteiger partial charge is 0.391 e. The van der Waals surface area contributed by atoms with Crippen molar-refractivity contribution in [3.8, 4) is 0 Å². The Morgan fingerprint density at radius 1 is 1.20 bits per heavy atom. The summed E-state index contributed by atoms with van der Waals surface area (Å²) >= 11 is 0. The van der Waals surface area contributed by atoms with Crippen LogP contribution in [0.4, 0.5) is 10.5 Å². The smallest absolute Gasteiger partial charge is 0.319 e. The molecular formula is C16H20N2O2. The molecule has 1 atom stereocenters. The number of benzene rings is 2. The van der Waals surface area contributed by atoms with Crippen molar-refractivity contribution in [1.29, 1.82) is 0 Å². The third-order valence-corrected chi connectivity index (χ3v) is 3.16. The summed E-state index contributed by atoms with van der Waals surface area (Å²) in [5.41, 5.74) is 0.769. The molecule has 0 bridgehead atoms. The van der Waals surface area contributed by atoms with E-state index in [1.54, 1.807) is 0 Å². The molecule has 0 saturated heterocycles. The second kappa shape index (κ2) is 6.91. The van der Waals surface area contributed by atoms with Crippen molar-refractivity contribution < 1.29 is 9.90 Å². The third-order valence-electron chi connectivity index (χ3n) is 3.16. The Balaban J connectivity index is 1.99. The molecule has 0 radical (unpaired) electrons. The van der Waals surface area contributed by atoms with Crippen LogP contribution in [0.2, 0.25) is 0 Å². The highest BCUT2D eigenvalue weighted by Crippen LogP contribution is 2.22. The lowest BCUT2D eigenvalue weighted by molar-refractivity contribution is 0.162. The van der Waals surface area contributed by atoms with Crippen LogP contribution in [0.5, 0.6) is 0 Å². The number of rotatable bonds is 5. The van der Waals surface area contributed by atoms with Crippen molar-refractivity contribution in [1.82, 2.24) is 5.32 Å². The van der Waals surface area contributed by atoms with Gasteiger partial charge in [0.25, 0.3) is 0 Å². The van der Waals surface area contributed by atoms with E-state index in [2.05, 4.69) is 10.6 Å². The second-order valence-electron chi connectivity index (χ2n) is 4.80. The van der Waals surface area contributed by atoms with Gasteiger partial charge < -0.3 is 15.7 Å². The fourth-order valence-corrected chi connectivity index (χ4v) is 2.15. The minimum absolute atomic E-state index is 0.268. The van der Waals surface area contributed by atoms with Crippen LogP contribution < -0.4 is 10.6 Å². The second-order valence-corrected chi connectivity index (χ2v) is 4.80. The van der Waals surface area contributed by atoms with Gasteiger partial charge in [-0.3, -0.25) is 0 Å². The van der Waals surface area contributed by atoms with E-state index in [1.807, 2.05) is 49.4 Å². The summed E-state index contributed by atoms with van der Waals surface area (Å²) in [6.07, 6.45) is 1.10. The van der Waals surface area contributed by atoms with Crippen molar-refractivity contribution in [3.63, 3.8) is 0 Å². The summed E-state index contributed by atoms with van der Waals surface area (Å²) in [6.45, 7) is 2.27. The summed E-state index contributed by atoms with van der Waals surface area (Å²) in [5.74, 6) is 0. The molecule has 0 aliphatic carbocycles. The van der Waals surface area contributed by atoms with Crippen LogP contribution in [0.1, 0.15) is 19.8 Å². The van der Waals surface area contributed by atoms with E-state index in [9.17, 15) is 9.90 Å². The topological polar surface area (TPSA) is 61.4 Å². The van der Waals surface area contributed by atoms with Gasteiger partial charge in [-0.15, -0.1) is 0 Å². The molecule has 1 unspecified atom stereocenters. The molecule has 0 saturated carbocycles. The number of amides is 2. The van der Waals surface area contributed by atoms with Crippen LogP contribution in [0.15, 0.2) is 42.5 Å². The number of urea groups is 1. The maximum absolute atomic E-state index is 11.8. The third kappa shape index (κ3) is 3.71. The first-order valence-corrected chi connectivity index (χ1v) is 6.91. The highest BCUT2D eigenvalue weighted by molar-refractivity contribution is 6.01. The minimum Gasteiger partial charge on any atom is -0.391 e. The summed E-state index contributed by atoms with van der Waals surface area (Å²) in [5, 5.41) is 17.2. The van der Waals surface area contributed by atoms with E-state index in [0.717, 1.165) is 22.9 Å². The van der Waals surface area contributed by atoms with Gasteiger partial charge in [-0.05, 0) is 17.9 Å². The van der Waals surface area contributed by atoms with E-state index < -0.39 is 6.10 Å². The van der Waals surface area contributed by atoms with Crippen LogP contribution in [-0.4, -0.2) is 23.8 Å². The Bertz CT molecular complexity index is 578. The van der Waals surface area contributed by atoms with Crippen LogP contribution in [-0.2, 0) is 0 Å². The van der Waals surface area contributed by atoms with Gasteiger partial charge in [0.2, 0.25) is 0 Å². The highest BCUT2D eigenvalue weighted by atomic mass is 16.3. The summed E-state index contributed by atoms with van der Waals surface area (Å²) in [6, 6.07) is 13.4. The monoisotopic (exact) mass is 272 g/mol. The molecule has 0 aliphatic heterocycles. The summed E-state index contributed by atoms with van der Waals surface area (Å²) in [7, 11) is 0. The van der Waals surface area contributed by atoms with E-state index in [0.29, 0.717) is 6.42 Å². The van der Waals surface area contributed by atoms with Crippen molar-refractivity contribution >= 4 is 22.5 Å². The van der Waals surface area contributed by atoms with Crippen LogP contribution in [0, 0.1) is 0 Å². The van der Waals surface area contributed by atoms with E-state index in [4.69, 9.17) is 0 Å². The normalized spacial score (nSPS) is 12.1. The van der Waals surface area contributed by atoms with Crippen molar-refractivity contribution in [2.75, 3.05) is 11.9 Å². The predicted molar refractivity (Wildman–Crippen MR) is 81.9 cm³/mol. The van der Waals surface area contributed by atoms with Crippen molar-refractivity contribution in [2.45, 2.75) is 25.9 Å². The van der Waals surface area contributed by atoms with Crippen LogP contribution in [0.3, 0.4) is 0 Å². The van der Waals surface area contributed by atoms with Gasteiger partial charge in [-0.2, -0.15) is 0 Å². The van der Waals surface area contributed by atoms with Crippen LogP contribution >= 0.6 is 0 Å². The lowest BCUT2D eigenvalue weighted by Crippen LogP contribution is -2.35. The zero-order valence-corrected chi connectivity index (χ0v) is 11.6. The number of hydrogen-bond acceptors (Lipinski definition) is 2. The first kappa shape index (κ1) is 14.3. The number of carbonyl (C=O) groups is 1. The molecule has 0 spiro atoms. The standard InChI is InChI=1S/C16H20N2O2/c1-2-6-13(19)11-17-16(20)18-15-10-5-8-12-7-3-4-9-14(12)15/h3-5,7-10,13,19H,2,6,11H2,1H3,(H2,17,18,20). The molecule has 4 heteroatoms. The molecule has 2 aromatic carbocycles. The lowest BCUT2D eigenvalue weighted by Gasteiger charge is -2.12. The highest BCUT2D eigenvalue weighted by Gasteiger charge is 2.07. The van der Waals surface area contributed by atoms with Crippen LogP contribution in [0.25, 0.3) is 10.8 Å². The van der Waals surface area contributed by atoms with E-state index in [1.165, 1.54) is 0 Å². The first-order chi connectivity index (χ1) is 9.70. The molecule has 0 aliphatic rings. The number of carbonyl (C=O) groups excluding carboxylic acids is 1. The number of aliphatic hydroxyl groups excluding tert-OH is 1. The first-order valence-electron chi connectivity index (χ1n) is 6.91. The Kier molecular flexibility index (Phi) is 4.96. The van der Waals surface area contributed by atoms with Gasteiger partial charge >= 0.3 is 6.03 Å². The van der Waals surface area contributed by atoms with Gasteiger partial charge in [0, 0.05) is 11.9 Å². The number of fused-ring (bicyclic) bond motifs is 1. The van der Waals surface area contributed by atoms with E-state index >= 15 is 0 Å². The molecule has 0 aromatic heterocycles. The fraction of sp³-hybridized carbons (Fsp3) is 0.312. The van der Waals surface area contributed by atoms with Crippen molar-refractivity contribution in [3.05, 3.63) is 42.5 Å². The maximum Gasteiger partial charge on any atom is 0.319 e. The molecule has 0 fully saturated rings. The number of anilines is 1. The fourth-order valence-electron chi connectivity index (χ4n) is 2.15. The van der Waals surface area contributed by atoms with Crippen molar-refractivity contribution in [2.24, 2.45) is 0 Å². The SMILES string of the molecule is CCCC(O)CNC(=O)Nc1cccc2ccccc12. The summed E-state index contributed by atoms with van der Waals surface area (Å²) in [4.78, 5) is 11.8. The number of aliphatic hydroxyl groups is 1. The Morgan fingerprint density at radius 3 is 2.75 bits per heavy atom. The van der Waals surface area contributed by atoms with Gasteiger partial charge in [-0.25, -0.2) is 4.79 Å². The molecule has 0 heterocycles. The zero-order chi connectivity index (χ0) is 14.4. The molecule has 20 heavy (non-hydrogen) atoms. The van der Waals surface area contributed by atoms with Gasteiger partial charge in [0.15, 0.2) is 0 Å². The average Bonchev–Trinajstić information content (AvgIpc) is 2.46. The average molecular weight is 272 g/mol. The Labute approximate surface area is 118 Å². The van der Waals surface area contributed by atoms with Gasteiger partial charge in [0.1, 0.15) is 0 Å². The zero-order valence-electron chi connectivity index (χ0n) is 11.6.